The smallest absolute Gasteiger partial charge is 0.252 e. The molecule has 186 valence electrons. The van der Waals surface area contributed by atoms with Gasteiger partial charge in [-0.15, -0.1) is 0 Å². The van der Waals surface area contributed by atoms with Gasteiger partial charge in [-0.2, -0.15) is 5.26 Å². The number of benzene rings is 1. The van der Waals surface area contributed by atoms with E-state index in [2.05, 4.69) is 40.8 Å². The number of fused-ring (bicyclic) bond motifs is 2. The lowest BCUT2D eigenvalue weighted by Gasteiger charge is -2.45. The number of piperazine rings is 1. The molecule has 0 unspecified atom stereocenters. The number of hydrogen-bond acceptors (Lipinski definition) is 7. The first-order chi connectivity index (χ1) is 17.3. The number of ether oxygens (including phenoxy) is 1. The third kappa shape index (κ3) is 4.07. The minimum atomic E-state index is -0.102. The van der Waals surface area contributed by atoms with Crippen LogP contribution in [0.15, 0.2) is 41.2 Å². The maximum Gasteiger partial charge on any atom is 0.252 e. The number of aryl methyl sites for hydroxylation is 1. The van der Waals surface area contributed by atoms with Gasteiger partial charge in [-0.25, -0.2) is 4.98 Å². The zero-order chi connectivity index (χ0) is 25.6. The number of carbonyl (C=O) groups is 1. The molecule has 2 aliphatic heterocycles. The van der Waals surface area contributed by atoms with Crippen molar-refractivity contribution in [3.8, 4) is 11.8 Å². The Balaban J connectivity index is 1.44. The number of amides is 1. The number of nitrogens with zero attached hydrogens (tertiary/aromatic N) is 6. The molecular weight excluding hydrogens is 456 g/mol. The molecule has 0 saturated carbocycles. The maximum absolute atomic E-state index is 12.7. The van der Waals surface area contributed by atoms with Crippen molar-refractivity contribution in [3.05, 3.63) is 58.0 Å². The van der Waals surface area contributed by atoms with E-state index in [1.54, 1.807) is 41.6 Å². The molecule has 2 aliphatic rings. The van der Waals surface area contributed by atoms with Crippen molar-refractivity contribution in [2.75, 3.05) is 36.0 Å². The van der Waals surface area contributed by atoms with Crippen molar-refractivity contribution in [1.29, 1.82) is 5.26 Å². The number of anilines is 2. The van der Waals surface area contributed by atoms with Crippen LogP contribution < -0.4 is 20.1 Å². The second-order valence-electron chi connectivity index (χ2n) is 9.67. The summed E-state index contributed by atoms with van der Waals surface area (Å²) in [5, 5.41) is 9.39. The summed E-state index contributed by atoms with van der Waals surface area (Å²) in [6, 6.07) is 13.5. The van der Waals surface area contributed by atoms with Crippen LogP contribution in [0.2, 0.25) is 0 Å². The summed E-state index contributed by atoms with van der Waals surface area (Å²) in [6.45, 7) is 9.12. The van der Waals surface area contributed by atoms with E-state index in [-0.39, 0.29) is 23.6 Å². The lowest BCUT2D eigenvalue weighted by Crippen LogP contribution is -2.56. The largest absolute Gasteiger partial charge is 0.489 e. The van der Waals surface area contributed by atoms with E-state index >= 15 is 0 Å². The van der Waals surface area contributed by atoms with E-state index in [1.165, 1.54) is 0 Å². The fraction of sp³-hybridized carbons (Fsp3) is 0.407. The van der Waals surface area contributed by atoms with E-state index in [1.807, 2.05) is 12.1 Å². The molecule has 1 amide bonds. The molecule has 2 aromatic heterocycles. The van der Waals surface area contributed by atoms with Gasteiger partial charge in [-0.05, 0) is 32.0 Å². The number of pyridine rings is 2. The van der Waals surface area contributed by atoms with Gasteiger partial charge in [0, 0.05) is 57.3 Å². The van der Waals surface area contributed by atoms with E-state index in [9.17, 15) is 14.9 Å². The Morgan fingerprint density at radius 3 is 2.72 bits per heavy atom. The Labute approximate surface area is 210 Å². The van der Waals surface area contributed by atoms with E-state index in [0.717, 1.165) is 29.2 Å². The Bertz CT molecular complexity index is 1440. The molecule has 0 bridgehead atoms. The molecule has 4 heterocycles. The fourth-order valence-electron chi connectivity index (χ4n) is 5.33. The van der Waals surface area contributed by atoms with Gasteiger partial charge in [0.1, 0.15) is 29.6 Å². The van der Waals surface area contributed by atoms with Crippen molar-refractivity contribution in [3.63, 3.8) is 0 Å². The summed E-state index contributed by atoms with van der Waals surface area (Å²) in [5.41, 5.74) is 4.26. The van der Waals surface area contributed by atoms with Gasteiger partial charge < -0.3 is 19.1 Å². The molecule has 1 saturated heterocycles. The van der Waals surface area contributed by atoms with Gasteiger partial charge in [0.2, 0.25) is 5.91 Å². The molecule has 1 fully saturated rings. The molecule has 0 spiro atoms. The Hall–Kier alpha value is -3.90. The minimum absolute atomic E-state index is 0.0155. The van der Waals surface area contributed by atoms with E-state index in [4.69, 9.17) is 4.74 Å². The van der Waals surface area contributed by atoms with Crippen LogP contribution in [-0.2, 0) is 18.4 Å². The zero-order valence-electron chi connectivity index (χ0n) is 21.1. The predicted molar refractivity (Wildman–Crippen MR) is 138 cm³/mol. The van der Waals surface area contributed by atoms with E-state index in [0.29, 0.717) is 43.0 Å². The van der Waals surface area contributed by atoms with Gasteiger partial charge in [-0.1, -0.05) is 12.1 Å². The number of aromatic nitrogens is 2. The summed E-state index contributed by atoms with van der Waals surface area (Å²) in [5.74, 6) is 0.800. The van der Waals surface area contributed by atoms with Gasteiger partial charge >= 0.3 is 0 Å². The van der Waals surface area contributed by atoms with Crippen LogP contribution in [0.25, 0.3) is 11.0 Å². The Morgan fingerprint density at radius 2 is 1.97 bits per heavy atom. The standard InChI is InChI=1S/C27H30N6O3/c1-17-15-33(24-12-25(35)30(4)22-9-8-21(13-28)29-26(22)24)18(2)14-31(17)16-20-6-5-7-23-27(20)36-11-10-32(23)19(3)34/h5-9,12,17-18H,10-11,14-16H2,1-4H3/t17-,18-/m0/s1. The molecule has 9 nitrogen and oxygen atoms in total. The first-order valence-electron chi connectivity index (χ1n) is 12.2. The van der Waals surface area contributed by atoms with Crippen molar-refractivity contribution < 1.29 is 9.53 Å². The highest BCUT2D eigenvalue weighted by Gasteiger charge is 2.32. The summed E-state index contributed by atoms with van der Waals surface area (Å²) in [4.78, 5) is 35.8. The SMILES string of the molecule is CC(=O)N1CCOc2c(CN3C[C@H](C)N(c4cc(=O)n(C)c5ccc(C#N)nc45)C[C@@H]3C)cccc21. The average Bonchev–Trinajstić information content (AvgIpc) is 2.87. The molecule has 0 radical (unpaired) electrons. The highest BCUT2D eigenvalue weighted by molar-refractivity contribution is 5.94. The van der Waals surface area contributed by atoms with Crippen LogP contribution in [-0.4, -0.2) is 58.7 Å². The number of para-hydroxylation sites is 1. The highest BCUT2D eigenvalue weighted by Crippen LogP contribution is 2.37. The van der Waals surface area contributed by atoms with Gasteiger partial charge in [0.25, 0.3) is 5.56 Å². The van der Waals surface area contributed by atoms with Crippen molar-refractivity contribution in [2.45, 2.75) is 39.4 Å². The minimum Gasteiger partial charge on any atom is -0.489 e. The second-order valence-corrected chi connectivity index (χ2v) is 9.67. The molecule has 3 aromatic rings. The van der Waals surface area contributed by atoms with Crippen molar-refractivity contribution in [2.24, 2.45) is 7.05 Å². The molecule has 5 rings (SSSR count). The molecule has 0 aliphatic carbocycles. The Morgan fingerprint density at radius 1 is 1.17 bits per heavy atom. The number of hydrogen-bond donors (Lipinski definition) is 0. The normalized spacial score (nSPS) is 20.1. The van der Waals surface area contributed by atoms with Crippen molar-refractivity contribution >= 4 is 28.3 Å². The van der Waals surface area contributed by atoms with Crippen molar-refractivity contribution in [1.82, 2.24) is 14.5 Å². The third-order valence-corrected chi connectivity index (χ3v) is 7.29. The summed E-state index contributed by atoms with van der Waals surface area (Å²) < 4.78 is 7.59. The highest BCUT2D eigenvalue weighted by atomic mass is 16.5. The number of nitriles is 1. The average molecular weight is 487 g/mol. The predicted octanol–water partition coefficient (Wildman–Crippen LogP) is 2.65. The van der Waals surface area contributed by atoms with Gasteiger partial charge in [-0.3, -0.25) is 14.5 Å². The second kappa shape index (κ2) is 9.28. The summed E-state index contributed by atoms with van der Waals surface area (Å²) >= 11 is 0. The van der Waals surface area contributed by atoms with Gasteiger partial charge in [0.05, 0.1) is 23.4 Å². The first-order valence-corrected chi connectivity index (χ1v) is 12.2. The van der Waals surface area contributed by atoms with Crippen LogP contribution in [0.1, 0.15) is 32.0 Å². The molecule has 9 heteroatoms. The topological polar surface area (TPSA) is 94.7 Å². The lowest BCUT2D eigenvalue weighted by atomic mass is 10.0. The summed E-state index contributed by atoms with van der Waals surface area (Å²) in [6.07, 6.45) is 0. The number of rotatable bonds is 3. The molecule has 36 heavy (non-hydrogen) atoms. The van der Waals surface area contributed by atoms with Crippen LogP contribution in [0.5, 0.6) is 5.75 Å². The fourth-order valence-corrected chi connectivity index (χ4v) is 5.33. The summed E-state index contributed by atoms with van der Waals surface area (Å²) in [7, 11) is 1.72. The monoisotopic (exact) mass is 486 g/mol. The quantitative estimate of drug-likeness (QED) is 0.562. The van der Waals surface area contributed by atoms with E-state index < -0.39 is 0 Å². The molecule has 0 N–H and O–H groups in total. The molecule has 2 atom stereocenters. The lowest BCUT2D eigenvalue weighted by molar-refractivity contribution is -0.116. The van der Waals surface area contributed by atoms with Crippen LogP contribution in [0.3, 0.4) is 0 Å². The van der Waals surface area contributed by atoms with Crippen LogP contribution in [0.4, 0.5) is 11.4 Å². The zero-order valence-corrected chi connectivity index (χ0v) is 21.1. The Kier molecular flexibility index (Phi) is 6.14. The maximum atomic E-state index is 12.7. The number of carbonyl (C=O) groups excluding carboxylic acids is 1. The first kappa shape index (κ1) is 23.8. The van der Waals surface area contributed by atoms with Crippen LogP contribution >= 0.6 is 0 Å². The van der Waals surface area contributed by atoms with Crippen LogP contribution in [0, 0.1) is 11.3 Å². The third-order valence-electron chi connectivity index (χ3n) is 7.29. The molecular formula is C27H30N6O3. The van der Waals surface area contributed by atoms with Gasteiger partial charge in [0.15, 0.2) is 0 Å². The molecule has 1 aromatic carbocycles.